The molecule has 31 heavy (non-hydrogen) atoms. The summed E-state index contributed by atoms with van der Waals surface area (Å²) in [4.78, 5) is 31.1. The molecule has 1 amide bonds. The van der Waals surface area contributed by atoms with Gasteiger partial charge in [-0.05, 0) is 42.2 Å². The molecule has 0 fully saturated rings. The van der Waals surface area contributed by atoms with E-state index >= 15 is 0 Å². The van der Waals surface area contributed by atoms with E-state index in [9.17, 15) is 14.7 Å². The monoisotopic (exact) mass is 412 g/mol. The summed E-state index contributed by atoms with van der Waals surface area (Å²) in [5.41, 5.74) is 1.90. The maximum absolute atomic E-state index is 13.2. The van der Waals surface area contributed by atoms with E-state index in [4.69, 9.17) is 0 Å². The largest absolute Gasteiger partial charge is 0.375 e. The zero-order valence-electron chi connectivity index (χ0n) is 16.9. The number of nitrogens with one attached hydrogen (secondary N) is 1. The minimum absolute atomic E-state index is 0.232. The fourth-order valence-corrected chi connectivity index (χ4v) is 4.27. The summed E-state index contributed by atoms with van der Waals surface area (Å²) in [5, 5.41) is 18.8. The van der Waals surface area contributed by atoms with Crippen LogP contribution in [-0.4, -0.2) is 26.2 Å². The quantitative estimate of drug-likeness (QED) is 0.536. The smallest absolute Gasteiger partial charge is 0.272 e. The van der Waals surface area contributed by atoms with Crippen molar-refractivity contribution in [2.45, 2.75) is 25.4 Å². The molecule has 0 saturated heterocycles. The van der Waals surface area contributed by atoms with Crippen LogP contribution in [-0.2, 0) is 16.8 Å². The molecule has 0 bridgehead atoms. The molecule has 2 aromatic carbocycles. The topological polar surface area (TPSA) is 99.2 Å². The van der Waals surface area contributed by atoms with Gasteiger partial charge in [-0.25, -0.2) is 5.10 Å². The highest BCUT2D eigenvalue weighted by Crippen LogP contribution is 2.45. The average Bonchev–Trinajstić information content (AvgIpc) is 3.02. The number of pyridine rings is 1. The molecule has 1 aliphatic heterocycles. The van der Waals surface area contributed by atoms with Gasteiger partial charge in [-0.15, -0.1) is 0 Å². The third-order valence-corrected chi connectivity index (χ3v) is 5.89. The molecule has 1 aliphatic rings. The molecule has 0 saturated carbocycles. The first-order valence-electron chi connectivity index (χ1n) is 10.1. The maximum atomic E-state index is 13.2. The molecule has 0 radical (unpaired) electrons. The van der Waals surface area contributed by atoms with E-state index in [1.165, 1.54) is 4.90 Å². The lowest BCUT2D eigenvalue weighted by Crippen LogP contribution is -2.37. The number of carbonyl (C=O) groups is 1. The van der Waals surface area contributed by atoms with Crippen LogP contribution in [0.1, 0.15) is 30.0 Å². The number of aliphatic hydroxyl groups is 1. The summed E-state index contributed by atoms with van der Waals surface area (Å²) < 4.78 is 0. The number of hydrogen-bond donors (Lipinski definition) is 2. The van der Waals surface area contributed by atoms with E-state index in [-0.39, 0.29) is 17.9 Å². The summed E-state index contributed by atoms with van der Waals surface area (Å²) in [6.07, 6.45) is 5.80. The van der Waals surface area contributed by atoms with Crippen LogP contribution in [0.4, 0.5) is 11.4 Å². The van der Waals surface area contributed by atoms with Crippen LogP contribution in [0.25, 0.3) is 10.8 Å². The van der Waals surface area contributed by atoms with E-state index in [0.29, 0.717) is 28.7 Å². The number of carbonyl (C=O) groups excluding carboxylic acids is 1. The molecule has 154 valence electrons. The van der Waals surface area contributed by atoms with Crippen molar-refractivity contribution in [3.05, 3.63) is 94.2 Å². The van der Waals surface area contributed by atoms with Crippen molar-refractivity contribution in [1.29, 1.82) is 0 Å². The van der Waals surface area contributed by atoms with Gasteiger partial charge >= 0.3 is 0 Å². The number of fused-ring (bicyclic) bond motifs is 2. The second kappa shape index (κ2) is 7.14. The Labute approximate surface area is 178 Å². The molecule has 5 rings (SSSR count). The summed E-state index contributed by atoms with van der Waals surface area (Å²) in [5.74, 6) is -0.379. The van der Waals surface area contributed by atoms with E-state index < -0.39 is 5.60 Å². The molecule has 2 N–H and O–H groups in total. The first-order valence-corrected chi connectivity index (χ1v) is 10.1. The van der Waals surface area contributed by atoms with Gasteiger partial charge < -0.3 is 5.11 Å². The Balaban J connectivity index is 1.56. The molecular formula is C24H20N4O3. The molecule has 7 heteroatoms. The highest BCUT2D eigenvalue weighted by Gasteiger charge is 2.48. The second-order valence-electron chi connectivity index (χ2n) is 7.68. The summed E-state index contributed by atoms with van der Waals surface area (Å²) in [6.45, 7) is 1.79. The number of hydrogen-bond acceptors (Lipinski definition) is 5. The van der Waals surface area contributed by atoms with Gasteiger partial charge in [0.05, 0.1) is 29.2 Å². The molecule has 4 aromatic rings. The lowest BCUT2D eigenvalue weighted by atomic mass is 9.93. The van der Waals surface area contributed by atoms with E-state index in [1.54, 1.807) is 37.6 Å². The minimum atomic E-state index is -1.55. The number of aromatic amines is 1. The molecule has 2 aromatic heterocycles. The second-order valence-corrected chi connectivity index (χ2v) is 7.68. The molecule has 7 nitrogen and oxygen atoms in total. The van der Waals surface area contributed by atoms with Crippen LogP contribution >= 0.6 is 0 Å². The van der Waals surface area contributed by atoms with Crippen LogP contribution in [0, 0.1) is 0 Å². The summed E-state index contributed by atoms with van der Waals surface area (Å²) >= 11 is 0. The van der Waals surface area contributed by atoms with Gasteiger partial charge in [0.15, 0.2) is 5.60 Å². The average molecular weight is 412 g/mol. The van der Waals surface area contributed by atoms with Crippen LogP contribution in [0.5, 0.6) is 0 Å². The SMILES string of the molecule is CCC1(O)C(=O)N(c2cncc(Cc3cccc4c(=O)[nH]ncc34)c2)c2ccccc21. The van der Waals surface area contributed by atoms with Crippen LogP contribution in [0.15, 0.2) is 71.9 Å². The van der Waals surface area contributed by atoms with Gasteiger partial charge in [-0.1, -0.05) is 37.3 Å². The van der Waals surface area contributed by atoms with Crippen molar-refractivity contribution in [3.63, 3.8) is 0 Å². The highest BCUT2D eigenvalue weighted by atomic mass is 16.3. The molecule has 1 atom stereocenters. The van der Waals surface area contributed by atoms with Crippen molar-refractivity contribution >= 4 is 28.1 Å². The summed E-state index contributed by atoms with van der Waals surface area (Å²) in [7, 11) is 0. The fourth-order valence-electron chi connectivity index (χ4n) is 4.27. The van der Waals surface area contributed by atoms with E-state index in [2.05, 4.69) is 15.2 Å². The van der Waals surface area contributed by atoms with Gasteiger partial charge in [0.25, 0.3) is 11.5 Å². The van der Waals surface area contributed by atoms with Crippen molar-refractivity contribution in [2.24, 2.45) is 0 Å². The van der Waals surface area contributed by atoms with Gasteiger partial charge in [0, 0.05) is 17.1 Å². The van der Waals surface area contributed by atoms with Crippen molar-refractivity contribution in [2.75, 3.05) is 4.90 Å². The number of benzene rings is 2. The Kier molecular flexibility index (Phi) is 4.41. The maximum Gasteiger partial charge on any atom is 0.272 e. The zero-order chi connectivity index (χ0) is 21.6. The number of amides is 1. The molecular weight excluding hydrogens is 392 g/mol. The number of anilines is 2. The van der Waals surface area contributed by atoms with Crippen LogP contribution < -0.4 is 10.5 Å². The van der Waals surface area contributed by atoms with Gasteiger partial charge in [-0.3, -0.25) is 19.5 Å². The lowest BCUT2D eigenvalue weighted by Gasteiger charge is -2.22. The molecule has 0 spiro atoms. The Morgan fingerprint density at radius 1 is 1.03 bits per heavy atom. The Morgan fingerprint density at radius 3 is 2.71 bits per heavy atom. The highest BCUT2D eigenvalue weighted by molar-refractivity contribution is 6.11. The van der Waals surface area contributed by atoms with Crippen LogP contribution in [0.3, 0.4) is 0 Å². The minimum Gasteiger partial charge on any atom is -0.375 e. The number of nitrogens with zero attached hydrogens (tertiary/aromatic N) is 3. The Bertz CT molecular complexity index is 1380. The molecule has 3 heterocycles. The Hall–Kier alpha value is -3.84. The first kappa shape index (κ1) is 19.1. The number of aromatic nitrogens is 3. The molecule has 0 aliphatic carbocycles. The van der Waals surface area contributed by atoms with Crippen molar-refractivity contribution in [1.82, 2.24) is 15.2 Å². The van der Waals surface area contributed by atoms with Crippen LogP contribution in [0.2, 0.25) is 0 Å². The number of rotatable bonds is 4. The normalized spacial score (nSPS) is 17.9. The van der Waals surface area contributed by atoms with Gasteiger partial charge in [-0.2, -0.15) is 5.10 Å². The predicted octanol–water partition coefficient (Wildman–Crippen LogP) is 3.18. The fraction of sp³-hybridized carbons (Fsp3) is 0.167. The first-order chi connectivity index (χ1) is 15.0. The standard InChI is InChI=1S/C24H20N4O3/c1-2-24(31)20-8-3-4-9-21(20)28(23(24)30)17-11-15(12-25-13-17)10-16-6-5-7-18-19(16)14-26-27-22(18)29/h3-9,11-14,31H,2,10H2,1H3,(H,27,29). The Morgan fingerprint density at radius 2 is 1.87 bits per heavy atom. The van der Waals surface area contributed by atoms with Crippen molar-refractivity contribution in [3.8, 4) is 0 Å². The number of para-hydroxylation sites is 1. The van der Waals surface area contributed by atoms with Gasteiger partial charge in [0.2, 0.25) is 0 Å². The predicted molar refractivity (Wildman–Crippen MR) is 117 cm³/mol. The molecule has 1 unspecified atom stereocenters. The summed E-state index contributed by atoms with van der Waals surface area (Å²) in [6, 6.07) is 14.7. The van der Waals surface area contributed by atoms with Crippen molar-refractivity contribution < 1.29 is 9.90 Å². The number of H-pyrrole nitrogens is 1. The van der Waals surface area contributed by atoms with Gasteiger partial charge in [0.1, 0.15) is 0 Å². The third kappa shape index (κ3) is 2.93. The lowest BCUT2D eigenvalue weighted by molar-refractivity contribution is -0.135. The van der Waals surface area contributed by atoms with E-state index in [0.717, 1.165) is 16.5 Å². The third-order valence-electron chi connectivity index (χ3n) is 5.89. The van der Waals surface area contributed by atoms with E-state index in [1.807, 2.05) is 36.4 Å². The zero-order valence-corrected chi connectivity index (χ0v) is 16.9.